The molecule has 15 N–H and O–H groups in total. The van der Waals surface area contributed by atoms with Crippen molar-refractivity contribution in [1.82, 2.24) is 58.1 Å². The molecule has 4 bridgehead atoms. The number of nitrogens with two attached hydrogens (primary N) is 3. The number of anilines is 3. The molecule has 0 saturated carbocycles. The number of hydrogen-bond donors (Lipinski definition) is 12. The molecular weight excluding hydrogens is 2090 g/mol. The van der Waals surface area contributed by atoms with Crippen LogP contribution in [0.1, 0.15) is 85.7 Å². The first kappa shape index (κ1) is 106. The van der Waals surface area contributed by atoms with Crippen molar-refractivity contribution in [2.75, 3.05) is 96.6 Å². The minimum Gasteiger partial charge on any atom is -0.497 e. The summed E-state index contributed by atoms with van der Waals surface area (Å²) in [6, 6.07) is 25.0. The van der Waals surface area contributed by atoms with Gasteiger partial charge in [0.15, 0.2) is 22.6 Å². The van der Waals surface area contributed by atoms with Crippen LogP contribution in [-0.2, 0) is 129 Å². The smallest absolute Gasteiger partial charge is 0.497 e. The molecule has 16 rings (SSSR count). The van der Waals surface area contributed by atoms with E-state index in [0.29, 0.717) is 28.2 Å². The number of aromatic amines is 2. The maximum absolute atomic E-state index is 15.0. The molecule has 8 radical (unpaired) electrons. The van der Waals surface area contributed by atoms with Gasteiger partial charge in [-0.1, -0.05) is 54.6 Å². The number of nitriles is 1. The monoisotopic (exact) mass is 2180 g/mol. The molecule has 7 aliphatic heterocycles. The lowest BCUT2D eigenvalue weighted by Crippen LogP contribution is -2.70. The summed E-state index contributed by atoms with van der Waals surface area (Å²) in [6.07, 6.45) is -13.5. The summed E-state index contributed by atoms with van der Waals surface area (Å²) in [6.45, 7) is -4.19. The van der Waals surface area contributed by atoms with E-state index < -0.39 is 274 Å². The van der Waals surface area contributed by atoms with E-state index in [4.69, 9.17) is 132 Å². The van der Waals surface area contributed by atoms with E-state index in [1.807, 2.05) is 6.07 Å². The van der Waals surface area contributed by atoms with E-state index in [2.05, 4.69) is 39.9 Å². The average molecular weight is 2190 g/mol. The summed E-state index contributed by atoms with van der Waals surface area (Å²) < 4.78 is 220. The van der Waals surface area contributed by atoms with Gasteiger partial charge in [0, 0.05) is 88.0 Å². The molecule has 6 aromatic heterocycles. The zero-order valence-corrected chi connectivity index (χ0v) is 85.6. The zero-order chi connectivity index (χ0) is 99.6. The van der Waals surface area contributed by atoms with Crippen LogP contribution in [0.15, 0.2) is 135 Å². The zero-order valence-electron chi connectivity index (χ0n) is 74.0. The van der Waals surface area contributed by atoms with Crippen LogP contribution in [0.5, 0.6) is 11.5 Å². The molecule has 7 fully saturated rings. The Morgan fingerprint density at radius 1 is 0.582 bits per heavy atom. The number of aromatic nitrogens is 12. The second kappa shape index (κ2) is 46.4. The number of nitrogen functional groups attached to an aromatic ring is 3. The number of aryl methyl sites for hydroxylation is 1. The molecular formula is C72H92N16O41P4Si8. The molecule has 7 unspecified atom stereocenters. The highest BCUT2D eigenvalue weighted by Crippen LogP contribution is 2.56. The largest absolute Gasteiger partial charge is 0.551 e. The third kappa shape index (κ3) is 25.8. The van der Waals surface area contributed by atoms with E-state index in [1.54, 1.807) is 78.9 Å². The molecule has 13 heterocycles. The first-order chi connectivity index (χ1) is 67.7. The van der Waals surface area contributed by atoms with Crippen molar-refractivity contribution in [2.24, 2.45) is 0 Å². The number of aliphatic hydroxyl groups is 4. The number of nitrogens with one attached hydrogen (secondary N) is 2. The van der Waals surface area contributed by atoms with Crippen LogP contribution >= 0.6 is 31.3 Å². The van der Waals surface area contributed by atoms with Crippen LogP contribution in [-0.4, -0.2) is 297 Å². The highest BCUT2D eigenvalue weighted by Gasteiger charge is 2.64. The summed E-state index contributed by atoms with van der Waals surface area (Å²) in [5.41, 5.74) is 14.2. The summed E-state index contributed by atoms with van der Waals surface area (Å²) in [7, 11) is -40.4. The number of rotatable bonds is 44. The van der Waals surface area contributed by atoms with Gasteiger partial charge in [-0.25, -0.2) is 47.8 Å². The summed E-state index contributed by atoms with van der Waals surface area (Å²) in [4.78, 5) is 117. The molecule has 69 heteroatoms. The minimum absolute atomic E-state index is 0.0253. The third-order valence-electron chi connectivity index (χ3n) is 22.1. The Morgan fingerprint density at radius 3 is 1.72 bits per heavy atom. The molecule has 758 valence electrons. The van der Waals surface area contributed by atoms with Crippen molar-refractivity contribution < 1.29 is 168 Å². The predicted octanol–water partition coefficient (Wildman–Crippen LogP) is 0.312. The van der Waals surface area contributed by atoms with Gasteiger partial charge in [-0.3, -0.25) is 78.5 Å². The average Bonchev–Trinajstić information content (AvgIpc) is 1.38. The van der Waals surface area contributed by atoms with E-state index in [-0.39, 0.29) is 109 Å². The van der Waals surface area contributed by atoms with Crippen LogP contribution in [0.3, 0.4) is 0 Å². The molecule has 9 aromatic rings. The summed E-state index contributed by atoms with van der Waals surface area (Å²) in [5, 5.41) is 51.0. The number of phosphoric acid groups is 4. The van der Waals surface area contributed by atoms with Crippen LogP contribution in [0.4, 0.5) is 17.6 Å². The Labute approximate surface area is 811 Å². The maximum atomic E-state index is 15.0. The quantitative estimate of drug-likeness (QED) is 0.0106. The molecule has 0 amide bonds. The number of ether oxygens (including phenoxy) is 7. The fourth-order valence-corrected chi connectivity index (χ4v) is 42.1. The highest BCUT2D eigenvalue weighted by molar-refractivity contribution is 7.48. The van der Waals surface area contributed by atoms with Gasteiger partial charge in [0.25, 0.3) is 11.1 Å². The van der Waals surface area contributed by atoms with E-state index >= 15 is 0 Å². The molecule has 57 nitrogen and oxygen atoms in total. The third-order valence-corrected chi connectivity index (χ3v) is 45.9. The normalized spacial score (nSPS) is 27.2. The maximum Gasteiger partial charge on any atom is 0.551 e. The van der Waals surface area contributed by atoms with Crippen LogP contribution in [0.2, 0.25) is 18.1 Å². The van der Waals surface area contributed by atoms with Crippen molar-refractivity contribution in [1.29, 1.82) is 5.26 Å². The number of aliphatic hydroxyl groups excluding tert-OH is 4. The lowest BCUT2D eigenvalue weighted by molar-refractivity contribution is -0.0952. The van der Waals surface area contributed by atoms with Crippen LogP contribution < -0.4 is 49.2 Å². The molecule has 0 aliphatic carbocycles. The minimum atomic E-state index is -5.57. The SMILES string of the molecule is COc1ccc(C(OC[C@H]2O[C@@H](n3cc(C)c(=O)[nH]c3=O)C[C@H]2OP(=O)(O)OC[C@H]2O[C@@H](n3cnc4c(=O)[nH]c(N)nc43)C[C@H]2OP(=O)(O)OC[C@H]2O[C@@H](n3cnc4c(N)ncnc43)C[C@H]2OP(=O)(O)OC[C@H]2O[C@@H](n3ccc(N)nc3=O)C[C@H]2O)(c2ccccc2)c2ccc(OCCCOP(=O)(OCCC#N)OC[Si]3O[Si]O[Si]4O[Si]5O[Si]O[Si](CCO)O[Si](CCO)(O5)O[Si](CCO)(O3)O4)cc2)cc1. The van der Waals surface area contributed by atoms with Crippen LogP contribution in [0.25, 0.3) is 22.3 Å². The lowest BCUT2D eigenvalue weighted by atomic mass is 9.80. The number of imidazole rings is 2. The van der Waals surface area contributed by atoms with Crippen molar-refractivity contribution in [3.63, 3.8) is 0 Å². The molecule has 7 saturated heterocycles. The Bertz CT molecular complexity index is 6330. The van der Waals surface area contributed by atoms with Crippen molar-refractivity contribution in [3.05, 3.63) is 180 Å². The fourth-order valence-electron chi connectivity index (χ4n) is 15.6. The summed E-state index contributed by atoms with van der Waals surface area (Å²) in [5.74, 6) is 0.286. The molecule has 19 atom stereocenters. The van der Waals surface area contributed by atoms with E-state index in [9.17, 15) is 77.8 Å². The standard InChI is InChI=1S/C72H92N16O41P4Si8/c1-43-34-86(71(96)84-67(43)93)59-31-50(117-131(99,100)110-38-56-52(33-61(116-56)88-41-80-63-66(88)82-69(76)83-68(63)94)119-132(101,102)111-37-55-51(32-60(115-55)87-40-79-62-64(75)77-39-78-65(62)87)118-130(97,98)109-36-53-49(92)30-58(113-53)85-20-18-57(74)81-70(85)95)54(114-59)35-106-72(44-8-4-3-5-9-44,45-10-14-47(104-2)15-11-45)46-12-16-48(17-13-46)105-24-7-26-108-133(103,107-25-6-19-73)112-42-137-121-135-123-139-124-138-122-134-120-136(27-21-89)125-140(127-138,28-22-90)129-141(126-137,128-139)29-23-91/h3-5,8-18,20,34,39-41,49-56,58-61,89-92H,6-7,21-33,35-38,42H2,1-2H3,(H,97,98)(H,99,100)(H,101,102)(H2,74,81,95)(H2,75,77,78)(H,84,93,96)(H3,76,82,83,94)/t49-,50-,51-,52-,53-,54-,55-,56-,58-,59-,60-,61-,72?,133?,140?,141?/m1/s1. The van der Waals surface area contributed by atoms with Gasteiger partial charge in [0.1, 0.15) is 109 Å². The van der Waals surface area contributed by atoms with E-state index in [0.717, 1.165) is 21.8 Å². The second-order valence-electron chi connectivity index (χ2n) is 31.5. The number of hydrogen-bond acceptors (Lipinski definition) is 48. The fraction of sp³-hybridized carbons (Fsp3) is 0.486. The van der Waals surface area contributed by atoms with Crippen molar-refractivity contribution in [3.8, 4) is 17.6 Å². The van der Waals surface area contributed by atoms with Gasteiger partial charge in [-0.05, 0) is 53.9 Å². The van der Waals surface area contributed by atoms with E-state index in [1.165, 1.54) is 48.0 Å². The van der Waals surface area contributed by atoms with Gasteiger partial charge in [0.05, 0.1) is 84.6 Å². The number of methoxy groups -OCH3 is 1. The summed E-state index contributed by atoms with van der Waals surface area (Å²) >= 11 is 0. The molecule has 0 spiro atoms. The number of H-pyrrole nitrogens is 2. The Morgan fingerprint density at radius 2 is 1.13 bits per heavy atom. The number of fused-ring (bicyclic) bond motifs is 6. The first-order valence-electron chi connectivity index (χ1n) is 42.8. The Balaban J connectivity index is 0.614. The highest BCUT2D eigenvalue weighted by atomic mass is 31.2. The van der Waals surface area contributed by atoms with Gasteiger partial charge in [0.2, 0.25) is 5.95 Å². The lowest BCUT2D eigenvalue weighted by Gasteiger charge is -2.45. The van der Waals surface area contributed by atoms with Gasteiger partial charge in [-0.2, -0.15) is 15.2 Å². The van der Waals surface area contributed by atoms with Gasteiger partial charge in [-0.15, -0.1) is 0 Å². The van der Waals surface area contributed by atoms with Crippen LogP contribution in [0, 0.1) is 18.3 Å². The molecule has 7 aliphatic rings. The van der Waals surface area contributed by atoms with Crippen molar-refractivity contribution in [2.45, 2.75) is 143 Å². The molecule has 141 heavy (non-hydrogen) atoms. The first-order valence-corrected chi connectivity index (χ1v) is 59.8. The van der Waals surface area contributed by atoms with Gasteiger partial charge < -0.3 is 127 Å². The predicted molar refractivity (Wildman–Crippen MR) is 483 cm³/mol. The number of phosphoric ester groups is 4. The Hall–Kier alpha value is -7.97. The number of benzene rings is 3. The second-order valence-corrected chi connectivity index (χ2v) is 52.9. The van der Waals surface area contributed by atoms with Gasteiger partial charge >= 0.3 is 118 Å². The molecule has 3 aromatic carbocycles. The topological polar surface area (TPSA) is 749 Å². The van der Waals surface area contributed by atoms with Crippen molar-refractivity contribution >= 4 is 146 Å². The number of nitrogens with zero attached hydrogens (tertiary/aromatic N) is 11. The Kier molecular flexibility index (Phi) is 34.8.